The maximum atomic E-state index is 12.5. The summed E-state index contributed by atoms with van der Waals surface area (Å²) in [5, 5.41) is 4.42. The molecule has 4 nitrogen and oxygen atoms in total. The minimum Gasteiger partial charge on any atom is -0.338 e. The number of amides is 1. The highest BCUT2D eigenvalue weighted by Gasteiger charge is 2.21. The number of carbonyl (C=O) groups excluding carboxylic acids is 1. The van der Waals surface area contributed by atoms with E-state index >= 15 is 0 Å². The molecular formula is C18H23N3O. The van der Waals surface area contributed by atoms with Crippen LogP contribution in [0.25, 0.3) is 0 Å². The highest BCUT2D eigenvalue weighted by Crippen LogP contribution is 2.20. The van der Waals surface area contributed by atoms with Crippen LogP contribution >= 0.6 is 0 Å². The summed E-state index contributed by atoms with van der Waals surface area (Å²) < 4.78 is 1.90. The van der Waals surface area contributed by atoms with Crippen LogP contribution in [-0.4, -0.2) is 27.1 Å². The SMILES string of the molecule is Cc1nn(C)c(C)c1CCC(=O)N1CCc2ccccc2C1. The van der Waals surface area contributed by atoms with E-state index in [0.29, 0.717) is 6.42 Å². The molecule has 0 N–H and O–H groups in total. The Morgan fingerprint density at radius 1 is 1.23 bits per heavy atom. The summed E-state index contributed by atoms with van der Waals surface area (Å²) in [5.74, 6) is 0.247. The molecule has 0 spiro atoms. The lowest BCUT2D eigenvalue weighted by molar-refractivity contribution is -0.132. The number of hydrogen-bond donors (Lipinski definition) is 0. The summed E-state index contributed by atoms with van der Waals surface area (Å²) in [6.07, 6.45) is 2.31. The first-order chi connectivity index (χ1) is 10.6. The molecule has 2 aromatic rings. The predicted octanol–water partition coefficient (Wildman–Crippen LogP) is 2.55. The molecule has 3 rings (SSSR count). The average Bonchev–Trinajstić information content (AvgIpc) is 2.77. The van der Waals surface area contributed by atoms with Crippen LogP contribution in [0.4, 0.5) is 0 Å². The number of carbonyl (C=O) groups is 1. The van der Waals surface area contributed by atoms with Crippen molar-refractivity contribution in [3.63, 3.8) is 0 Å². The zero-order valence-corrected chi connectivity index (χ0v) is 13.6. The highest BCUT2D eigenvalue weighted by atomic mass is 16.2. The van der Waals surface area contributed by atoms with Gasteiger partial charge in [0.1, 0.15) is 0 Å². The smallest absolute Gasteiger partial charge is 0.223 e. The maximum Gasteiger partial charge on any atom is 0.223 e. The standard InChI is InChI=1S/C18H23N3O/c1-13-17(14(2)20(3)19-13)8-9-18(22)21-11-10-15-6-4-5-7-16(15)12-21/h4-7H,8-12H2,1-3H3. The summed E-state index contributed by atoms with van der Waals surface area (Å²) in [5.41, 5.74) is 6.08. The molecule has 116 valence electrons. The van der Waals surface area contributed by atoms with Crippen LogP contribution in [0, 0.1) is 13.8 Å². The Balaban J connectivity index is 1.64. The zero-order chi connectivity index (χ0) is 15.7. The Morgan fingerprint density at radius 2 is 1.95 bits per heavy atom. The van der Waals surface area contributed by atoms with Crippen molar-refractivity contribution in [3.8, 4) is 0 Å². The number of aromatic nitrogens is 2. The lowest BCUT2D eigenvalue weighted by Gasteiger charge is -2.29. The predicted molar refractivity (Wildman–Crippen MR) is 86.6 cm³/mol. The van der Waals surface area contributed by atoms with Crippen molar-refractivity contribution < 1.29 is 4.79 Å². The molecule has 1 aromatic heterocycles. The number of aryl methyl sites for hydroxylation is 2. The van der Waals surface area contributed by atoms with Gasteiger partial charge in [0.25, 0.3) is 0 Å². The van der Waals surface area contributed by atoms with Gasteiger partial charge in [-0.2, -0.15) is 5.10 Å². The Morgan fingerprint density at radius 3 is 2.64 bits per heavy atom. The van der Waals surface area contributed by atoms with Gasteiger partial charge in [0, 0.05) is 32.3 Å². The third kappa shape index (κ3) is 2.78. The van der Waals surface area contributed by atoms with E-state index in [1.165, 1.54) is 16.7 Å². The molecule has 0 unspecified atom stereocenters. The second-order valence-corrected chi connectivity index (χ2v) is 6.11. The van der Waals surface area contributed by atoms with E-state index in [1.54, 1.807) is 0 Å². The largest absolute Gasteiger partial charge is 0.338 e. The van der Waals surface area contributed by atoms with Gasteiger partial charge in [-0.3, -0.25) is 9.48 Å². The van der Waals surface area contributed by atoms with Crippen LogP contribution < -0.4 is 0 Å². The zero-order valence-electron chi connectivity index (χ0n) is 13.6. The monoisotopic (exact) mass is 297 g/mol. The van der Waals surface area contributed by atoms with Crippen LogP contribution in [0.1, 0.15) is 34.5 Å². The van der Waals surface area contributed by atoms with Crippen LogP contribution in [0.2, 0.25) is 0 Å². The van der Waals surface area contributed by atoms with Gasteiger partial charge in [-0.1, -0.05) is 24.3 Å². The second-order valence-electron chi connectivity index (χ2n) is 6.11. The van der Waals surface area contributed by atoms with Crippen molar-refractivity contribution in [2.45, 2.75) is 39.7 Å². The van der Waals surface area contributed by atoms with Gasteiger partial charge in [0.05, 0.1) is 5.69 Å². The molecule has 22 heavy (non-hydrogen) atoms. The van der Waals surface area contributed by atoms with E-state index in [0.717, 1.165) is 37.3 Å². The van der Waals surface area contributed by atoms with Crippen LogP contribution in [-0.2, 0) is 31.2 Å². The van der Waals surface area contributed by atoms with Crippen molar-refractivity contribution in [3.05, 3.63) is 52.3 Å². The highest BCUT2D eigenvalue weighted by molar-refractivity contribution is 5.76. The molecule has 2 heterocycles. The van der Waals surface area contributed by atoms with Gasteiger partial charge in [0.2, 0.25) is 5.91 Å². The quantitative estimate of drug-likeness (QED) is 0.873. The maximum absolute atomic E-state index is 12.5. The first-order valence-corrected chi connectivity index (χ1v) is 7.90. The molecule has 0 aliphatic carbocycles. The first-order valence-electron chi connectivity index (χ1n) is 7.90. The van der Waals surface area contributed by atoms with Crippen molar-refractivity contribution in [1.29, 1.82) is 0 Å². The Labute approximate surface area is 131 Å². The summed E-state index contributed by atoms with van der Waals surface area (Å²) >= 11 is 0. The Hall–Kier alpha value is -2.10. The fourth-order valence-electron chi connectivity index (χ4n) is 3.28. The van der Waals surface area contributed by atoms with Gasteiger partial charge in [-0.05, 0) is 43.4 Å². The molecule has 0 saturated carbocycles. The summed E-state index contributed by atoms with van der Waals surface area (Å²) in [6.45, 7) is 5.67. The van der Waals surface area contributed by atoms with E-state index in [9.17, 15) is 4.79 Å². The summed E-state index contributed by atoms with van der Waals surface area (Å²) in [6, 6.07) is 8.42. The third-order valence-corrected chi connectivity index (χ3v) is 4.73. The number of hydrogen-bond acceptors (Lipinski definition) is 2. The molecule has 1 amide bonds. The average molecular weight is 297 g/mol. The molecule has 0 fully saturated rings. The van der Waals surface area contributed by atoms with Crippen molar-refractivity contribution in [2.24, 2.45) is 7.05 Å². The topological polar surface area (TPSA) is 38.1 Å². The fraction of sp³-hybridized carbons (Fsp3) is 0.444. The van der Waals surface area contributed by atoms with Gasteiger partial charge in [-0.15, -0.1) is 0 Å². The van der Waals surface area contributed by atoms with Crippen molar-refractivity contribution in [1.82, 2.24) is 14.7 Å². The number of fused-ring (bicyclic) bond motifs is 1. The van der Waals surface area contributed by atoms with E-state index in [4.69, 9.17) is 0 Å². The molecule has 1 aromatic carbocycles. The minimum absolute atomic E-state index is 0.247. The Bertz CT molecular complexity index is 702. The molecular weight excluding hydrogens is 274 g/mol. The third-order valence-electron chi connectivity index (χ3n) is 4.73. The normalized spacial score (nSPS) is 14.0. The van der Waals surface area contributed by atoms with Crippen molar-refractivity contribution in [2.75, 3.05) is 6.54 Å². The van der Waals surface area contributed by atoms with Gasteiger partial charge in [-0.25, -0.2) is 0 Å². The lowest BCUT2D eigenvalue weighted by atomic mass is 9.99. The van der Waals surface area contributed by atoms with Gasteiger partial charge in [0.15, 0.2) is 0 Å². The number of rotatable bonds is 3. The lowest BCUT2D eigenvalue weighted by Crippen LogP contribution is -2.36. The van der Waals surface area contributed by atoms with Crippen molar-refractivity contribution >= 4 is 5.91 Å². The second kappa shape index (κ2) is 5.95. The molecule has 0 bridgehead atoms. The van der Waals surface area contributed by atoms with E-state index in [1.807, 2.05) is 23.6 Å². The molecule has 4 heteroatoms. The van der Waals surface area contributed by atoms with Crippen LogP contribution in [0.5, 0.6) is 0 Å². The molecule has 0 saturated heterocycles. The van der Waals surface area contributed by atoms with E-state index < -0.39 is 0 Å². The molecule has 1 aliphatic heterocycles. The molecule has 0 atom stereocenters. The van der Waals surface area contributed by atoms with E-state index in [-0.39, 0.29) is 5.91 Å². The van der Waals surface area contributed by atoms with Gasteiger partial charge < -0.3 is 4.90 Å². The first kappa shape index (κ1) is 14.8. The summed E-state index contributed by atoms with van der Waals surface area (Å²) in [4.78, 5) is 14.5. The van der Waals surface area contributed by atoms with Gasteiger partial charge >= 0.3 is 0 Å². The number of nitrogens with zero attached hydrogens (tertiary/aromatic N) is 3. The fourth-order valence-corrected chi connectivity index (χ4v) is 3.28. The number of benzene rings is 1. The Kier molecular flexibility index (Phi) is 4.01. The summed E-state index contributed by atoms with van der Waals surface area (Å²) in [7, 11) is 1.95. The minimum atomic E-state index is 0.247. The van der Waals surface area contributed by atoms with E-state index in [2.05, 4.69) is 36.3 Å². The van der Waals surface area contributed by atoms with Crippen LogP contribution in [0.15, 0.2) is 24.3 Å². The molecule has 0 radical (unpaired) electrons. The van der Waals surface area contributed by atoms with Crippen LogP contribution in [0.3, 0.4) is 0 Å². The molecule has 1 aliphatic rings.